The van der Waals surface area contributed by atoms with Gasteiger partial charge in [0.05, 0.1) is 12.2 Å². The Balaban J connectivity index is 2.28. The number of nitrogens with zero attached hydrogens (tertiary/aromatic N) is 2. The summed E-state index contributed by atoms with van der Waals surface area (Å²) in [5.41, 5.74) is 6.33. The standard InChI is InChI=1S/C10H10FN3/c11-9-7-8(1-2-10(9)12)14-5-3-13-4-6-14/h1-5,7H,6,12H2. The first kappa shape index (κ1) is 8.74. The first-order valence-corrected chi connectivity index (χ1v) is 4.27. The van der Waals surface area contributed by atoms with Gasteiger partial charge in [-0.25, -0.2) is 4.39 Å². The smallest absolute Gasteiger partial charge is 0.148 e. The molecule has 1 aliphatic heterocycles. The lowest BCUT2D eigenvalue weighted by molar-refractivity contribution is 0.632. The van der Waals surface area contributed by atoms with E-state index in [1.165, 1.54) is 6.07 Å². The van der Waals surface area contributed by atoms with Crippen molar-refractivity contribution in [1.29, 1.82) is 0 Å². The van der Waals surface area contributed by atoms with E-state index in [2.05, 4.69) is 4.99 Å². The summed E-state index contributed by atoms with van der Waals surface area (Å²) in [6.07, 6.45) is 5.22. The highest BCUT2D eigenvalue weighted by atomic mass is 19.1. The summed E-state index contributed by atoms with van der Waals surface area (Å²) in [6, 6.07) is 4.75. The van der Waals surface area contributed by atoms with Gasteiger partial charge in [0.25, 0.3) is 0 Å². The molecule has 2 N–H and O–H groups in total. The van der Waals surface area contributed by atoms with Crippen molar-refractivity contribution in [2.45, 2.75) is 0 Å². The molecule has 0 atom stereocenters. The highest BCUT2D eigenvalue weighted by molar-refractivity contribution is 5.70. The van der Waals surface area contributed by atoms with Crippen LogP contribution >= 0.6 is 0 Å². The summed E-state index contributed by atoms with van der Waals surface area (Å²) >= 11 is 0. The molecule has 0 aliphatic carbocycles. The molecule has 0 unspecified atom stereocenters. The molecule has 0 radical (unpaired) electrons. The Morgan fingerprint density at radius 3 is 2.93 bits per heavy atom. The summed E-state index contributed by atoms with van der Waals surface area (Å²) < 4.78 is 13.1. The van der Waals surface area contributed by atoms with Crippen LogP contribution in [0.2, 0.25) is 0 Å². The maximum Gasteiger partial charge on any atom is 0.148 e. The van der Waals surface area contributed by atoms with Gasteiger partial charge >= 0.3 is 0 Å². The molecule has 3 nitrogen and oxygen atoms in total. The largest absolute Gasteiger partial charge is 0.396 e. The van der Waals surface area contributed by atoms with Gasteiger partial charge in [-0.2, -0.15) is 0 Å². The SMILES string of the molecule is Nc1ccc(N2C=CN=CC2)cc1F. The van der Waals surface area contributed by atoms with E-state index in [1.54, 1.807) is 30.7 Å². The van der Waals surface area contributed by atoms with E-state index < -0.39 is 5.82 Å². The van der Waals surface area contributed by atoms with E-state index in [0.29, 0.717) is 6.54 Å². The molecule has 1 aromatic carbocycles. The number of benzene rings is 1. The average molecular weight is 191 g/mol. The molecule has 1 aliphatic rings. The van der Waals surface area contributed by atoms with Gasteiger partial charge in [-0.3, -0.25) is 4.99 Å². The molecule has 0 saturated heterocycles. The molecule has 72 valence electrons. The van der Waals surface area contributed by atoms with E-state index in [1.807, 2.05) is 4.90 Å². The maximum absolute atomic E-state index is 13.1. The fraction of sp³-hybridized carbons (Fsp3) is 0.100. The fourth-order valence-electron chi connectivity index (χ4n) is 1.26. The Morgan fingerprint density at radius 2 is 2.29 bits per heavy atom. The zero-order valence-electron chi connectivity index (χ0n) is 7.52. The van der Waals surface area contributed by atoms with Gasteiger partial charge < -0.3 is 10.6 Å². The zero-order chi connectivity index (χ0) is 9.97. The van der Waals surface area contributed by atoms with Gasteiger partial charge in [-0.15, -0.1) is 0 Å². The van der Waals surface area contributed by atoms with Crippen molar-refractivity contribution in [3.8, 4) is 0 Å². The molecule has 14 heavy (non-hydrogen) atoms. The van der Waals surface area contributed by atoms with Crippen molar-refractivity contribution in [1.82, 2.24) is 0 Å². The van der Waals surface area contributed by atoms with Crippen LogP contribution in [0.4, 0.5) is 15.8 Å². The van der Waals surface area contributed by atoms with Crippen LogP contribution in [-0.4, -0.2) is 12.8 Å². The van der Waals surface area contributed by atoms with Gasteiger partial charge in [0, 0.05) is 24.3 Å². The molecule has 4 heteroatoms. The Bertz CT molecular complexity index is 398. The van der Waals surface area contributed by atoms with Gasteiger partial charge in [0.1, 0.15) is 5.82 Å². The minimum Gasteiger partial charge on any atom is -0.396 e. The number of nitrogen functional groups attached to an aromatic ring is 1. The zero-order valence-corrected chi connectivity index (χ0v) is 7.52. The number of rotatable bonds is 1. The van der Waals surface area contributed by atoms with Crippen LogP contribution in [0, 0.1) is 5.82 Å². The van der Waals surface area contributed by atoms with Crippen LogP contribution in [0.3, 0.4) is 0 Å². The first-order valence-electron chi connectivity index (χ1n) is 4.27. The van der Waals surface area contributed by atoms with E-state index >= 15 is 0 Å². The monoisotopic (exact) mass is 191 g/mol. The van der Waals surface area contributed by atoms with Gasteiger partial charge in [0.15, 0.2) is 0 Å². The molecule has 2 rings (SSSR count). The van der Waals surface area contributed by atoms with Crippen molar-refractivity contribution in [3.05, 3.63) is 36.4 Å². The minimum atomic E-state index is -0.390. The highest BCUT2D eigenvalue weighted by Crippen LogP contribution is 2.20. The lowest BCUT2D eigenvalue weighted by atomic mass is 10.2. The van der Waals surface area contributed by atoms with Gasteiger partial charge in [-0.1, -0.05) is 0 Å². The Morgan fingerprint density at radius 1 is 1.43 bits per heavy atom. The Kier molecular flexibility index (Phi) is 2.18. The Labute approximate surface area is 81.4 Å². The third kappa shape index (κ3) is 1.59. The third-order valence-corrected chi connectivity index (χ3v) is 2.03. The number of hydrogen-bond acceptors (Lipinski definition) is 3. The molecule has 1 aromatic rings. The number of anilines is 2. The van der Waals surface area contributed by atoms with Crippen LogP contribution in [-0.2, 0) is 0 Å². The molecule has 0 fully saturated rings. The maximum atomic E-state index is 13.1. The van der Waals surface area contributed by atoms with Crippen LogP contribution in [0.15, 0.2) is 35.6 Å². The topological polar surface area (TPSA) is 41.6 Å². The minimum absolute atomic E-state index is 0.170. The Hall–Kier alpha value is -1.84. The van der Waals surface area contributed by atoms with Crippen molar-refractivity contribution < 1.29 is 4.39 Å². The molecule has 0 amide bonds. The summed E-state index contributed by atoms with van der Waals surface area (Å²) in [6.45, 7) is 0.653. The molecule has 0 saturated carbocycles. The van der Waals surface area contributed by atoms with Crippen molar-refractivity contribution >= 4 is 17.6 Å². The summed E-state index contributed by atoms with van der Waals surface area (Å²) in [7, 11) is 0. The van der Waals surface area contributed by atoms with Crippen molar-refractivity contribution in [2.24, 2.45) is 4.99 Å². The van der Waals surface area contributed by atoms with Crippen LogP contribution in [0.1, 0.15) is 0 Å². The molecule has 0 spiro atoms. The van der Waals surface area contributed by atoms with Crippen LogP contribution < -0.4 is 10.6 Å². The lowest BCUT2D eigenvalue weighted by Gasteiger charge is -2.20. The summed E-state index contributed by atoms with van der Waals surface area (Å²) in [4.78, 5) is 5.81. The third-order valence-electron chi connectivity index (χ3n) is 2.03. The van der Waals surface area contributed by atoms with Crippen LogP contribution in [0.25, 0.3) is 0 Å². The molecule has 1 heterocycles. The van der Waals surface area contributed by atoms with E-state index in [-0.39, 0.29) is 5.69 Å². The number of hydrogen-bond donors (Lipinski definition) is 1. The highest BCUT2D eigenvalue weighted by Gasteiger charge is 2.06. The molecular weight excluding hydrogens is 181 g/mol. The predicted molar refractivity (Wildman–Crippen MR) is 55.8 cm³/mol. The predicted octanol–water partition coefficient (Wildman–Crippen LogP) is 1.77. The summed E-state index contributed by atoms with van der Waals surface area (Å²) in [5.74, 6) is -0.390. The fourth-order valence-corrected chi connectivity index (χ4v) is 1.26. The number of aliphatic imine (C=N–C) groups is 1. The lowest BCUT2D eigenvalue weighted by Crippen LogP contribution is -2.20. The molecule has 0 aromatic heterocycles. The number of halogens is 1. The van der Waals surface area contributed by atoms with Gasteiger partial charge in [0.2, 0.25) is 0 Å². The second-order valence-electron chi connectivity index (χ2n) is 2.99. The molecule has 0 bridgehead atoms. The van der Waals surface area contributed by atoms with Crippen LogP contribution in [0.5, 0.6) is 0 Å². The average Bonchev–Trinajstić information content (AvgIpc) is 2.23. The number of nitrogens with two attached hydrogens (primary N) is 1. The second-order valence-corrected chi connectivity index (χ2v) is 2.99. The van der Waals surface area contributed by atoms with Gasteiger partial charge in [-0.05, 0) is 18.2 Å². The second kappa shape index (κ2) is 3.49. The summed E-state index contributed by atoms with van der Waals surface area (Å²) in [5, 5.41) is 0. The van der Waals surface area contributed by atoms with Crippen molar-refractivity contribution in [2.75, 3.05) is 17.2 Å². The van der Waals surface area contributed by atoms with E-state index in [0.717, 1.165) is 5.69 Å². The van der Waals surface area contributed by atoms with E-state index in [4.69, 9.17) is 5.73 Å². The van der Waals surface area contributed by atoms with Crippen molar-refractivity contribution in [3.63, 3.8) is 0 Å². The van der Waals surface area contributed by atoms with E-state index in [9.17, 15) is 4.39 Å². The first-order chi connectivity index (χ1) is 6.77. The molecular formula is C10H10FN3. The normalized spacial score (nSPS) is 14.8. The quantitative estimate of drug-likeness (QED) is 0.687.